The fraction of sp³-hybridized carbons (Fsp3) is 0.435. The molecule has 0 saturated carbocycles. The number of rotatable bonds is 7. The van der Waals surface area contributed by atoms with Crippen LogP contribution < -0.4 is 19.1 Å². The zero-order chi connectivity index (χ0) is 20.9. The van der Waals surface area contributed by atoms with Crippen LogP contribution in [0.15, 0.2) is 42.5 Å². The Hall–Kier alpha value is -2.93. The molecule has 7 heteroatoms. The second-order valence-electron chi connectivity index (χ2n) is 7.56. The number of fused-ring (bicyclic) bond motifs is 1. The molecule has 30 heavy (non-hydrogen) atoms. The monoisotopic (exact) mass is 411 g/mol. The van der Waals surface area contributed by atoms with E-state index < -0.39 is 0 Å². The number of ether oxygens (including phenoxy) is 3. The highest BCUT2D eigenvalue weighted by Crippen LogP contribution is 2.32. The Labute approximate surface area is 177 Å². The Morgan fingerprint density at radius 2 is 1.77 bits per heavy atom. The van der Waals surface area contributed by atoms with Crippen molar-refractivity contribution >= 4 is 11.6 Å². The maximum atomic E-state index is 12.9. The molecule has 1 saturated heterocycles. The first-order valence-corrected chi connectivity index (χ1v) is 10.4. The van der Waals surface area contributed by atoms with Crippen LogP contribution in [-0.2, 0) is 11.3 Å². The molecule has 2 heterocycles. The normalized spacial score (nSPS) is 15.9. The van der Waals surface area contributed by atoms with Gasteiger partial charge in [-0.2, -0.15) is 0 Å². The highest BCUT2D eigenvalue weighted by molar-refractivity contribution is 5.78. The Morgan fingerprint density at radius 3 is 2.47 bits per heavy atom. The van der Waals surface area contributed by atoms with Gasteiger partial charge in [0.25, 0.3) is 0 Å². The topological polar surface area (TPSA) is 54.5 Å². The van der Waals surface area contributed by atoms with Gasteiger partial charge in [-0.15, -0.1) is 0 Å². The molecule has 0 radical (unpaired) electrons. The third-order valence-corrected chi connectivity index (χ3v) is 5.71. The van der Waals surface area contributed by atoms with E-state index in [4.69, 9.17) is 14.2 Å². The summed E-state index contributed by atoms with van der Waals surface area (Å²) in [5, 5.41) is 0. The number of nitrogens with zero attached hydrogens (tertiary/aromatic N) is 3. The molecular weight excluding hydrogens is 382 g/mol. The van der Waals surface area contributed by atoms with E-state index in [1.165, 1.54) is 5.69 Å². The van der Waals surface area contributed by atoms with Crippen LogP contribution in [-0.4, -0.2) is 68.9 Å². The van der Waals surface area contributed by atoms with Gasteiger partial charge >= 0.3 is 0 Å². The highest BCUT2D eigenvalue weighted by Gasteiger charge is 2.22. The summed E-state index contributed by atoms with van der Waals surface area (Å²) in [7, 11) is 1.68. The molecule has 0 N–H and O–H groups in total. The summed E-state index contributed by atoms with van der Waals surface area (Å²) in [6.07, 6.45) is 0. The van der Waals surface area contributed by atoms with Crippen molar-refractivity contribution < 1.29 is 19.0 Å². The SMILES string of the molecule is CCN(Cc1ccc2c(c1)OCO2)C(=O)CN1CCN(c2ccc(OC)cc2)CC1. The summed E-state index contributed by atoms with van der Waals surface area (Å²) >= 11 is 0. The maximum Gasteiger partial charge on any atom is 0.237 e. The lowest BCUT2D eigenvalue weighted by Crippen LogP contribution is -2.50. The van der Waals surface area contributed by atoms with Gasteiger partial charge in [-0.3, -0.25) is 9.69 Å². The summed E-state index contributed by atoms with van der Waals surface area (Å²) in [4.78, 5) is 19.4. The van der Waals surface area contributed by atoms with Crippen molar-refractivity contribution in [3.05, 3.63) is 48.0 Å². The second-order valence-corrected chi connectivity index (χ2v) is 7.56. The van der Waals surface area contributed by atoms with Gasteiger partial charge < -0.3 is 24.0 Å². The molecular formula is C23H29N3O4. The molecule has 0 spiro atoms. The smallest absolute Gasteiger partial charge is 0.237 e. The number of methoxy groups -OCH3 is 1. The number of likely N-dealkylation sites (N-methyl/N-ethyl adjacent to an activating group) is 1. The minimum Gasteiger partial charge on any atom is -0.497 e. The van der Waals surface area contributed by atoms with Crippen molar-refractivity contribution in [2.24, 2.45) is 0 Å². The van der Waals surface area contributed by atoms with Gasteiger partial charge in [-0.1, -0.05) is 6.07 Å². The Bertz CT molecular complexity index is 863. The van der Waals surface area contributed by atoms with Crippen LogP contribution in [0.1, 0.15) is 12.5 Å². The first-order chi connectivity index (χ1) is 14.7. The number of carbonyl (C=O) groups is 1. The number of benzene rings is 2. The highest BCUT2D eigenvalue weighted by atomic mass is 16.7. The second kappa shape index (κ2) is 9.26. The van der Waals surface area contributed by atoms with Crippen LogP contribution in [0.4, 0.5) is 5.69 Å². The molecule has 0 aliphatic carbocycles. The molecule has 2 aromatic rings. The molecule has 1 amide bonds. The van der Waals surface area contributed by atoms with E-state index in [0.29, 0.717) is 19.6 Å². The van der Waals surface area contributed by atoms with E-state index in [1.807, 2.05) is 42.2 Å². The first-order valence-electron chi connectivity index (χ1n) is 10.4. The molecule has 0 unspecified atom stereocenters. The van der Waals surface area contributed by atoms with E-state index in [0.717, 1.165) is 49.0 Å². The summed E-state index contributed by atoms with van der Waals surface area (Å²) in [5.41, 5.74) is 2.25. The van der Waals surface area contributed by atoms with Gasteiger partial charge in [0.15, 0.2) is 11.5 Å². The molecule has 4 rings (SSSR count). The van der Waals surface area contributed by atoms with Crippen molar-refractivity contribution in [3.63, 3.8) is 0 Å². The standard InChI is InChI=1S/C23H29N3O4/c1-3-25(15-18-4-9-21-22(14-18)30-17-29-21)23(27)16-24-10-12-26(13-11-24)19-5-7-20(28-2)8-6-19/h4-9,14H,3,10-13,15-17H2,1-2H3. The molecule has 0 bridgehead atoms. The van der Waals surface area contributed by atoms with Crippen molar-refractivity contribution in [1.82, 2.24) is 9.80 Å². The third kappa shape index (κ3) is 4.62. The van der Waals surface area contributed by atoms with E-state index >= 15 is 0 Å². The van der Waals surface area contributed by atoms with Gasteiger partial charge in [0, 0.05) is 45.0 Å². The minimum atomic E-state index is 0.160. The van der Waals surface area contributed by atoms with Crippen molar-refractivity contribution in [2.45, 2.75) is 13.5 Å². The van der Waals surface area contributed by atoms with E-state index in [9.17, 15) is 4.79 Å². The first kappa shape index (κ1) is 20.3. The Morgan fingerprint density at radius 1 is 1.03 bits per heavy atom. The molecule has 7 nitrogen and oxygen atoms in total. The predicted octanol–water partition coefficient (Wildman–Crippen LogP) is 2.59. The number of piperazine rings is 1. The Balaban J connectivity index is 1.28. The Kier molecular flexibility index (Phi) is 6.28. The molecule has 0 atom stereocenters. The van der Waals surface area contributed by atoms with Crippen LogP contribution in [0.2, 0.25) is 0 Å². The zero-order valence-corrected chi connectivity index (χ0v) is 17.7. The summed E-state index contributed by atoms with van der Waals surface area (Å²) in [5.74, 6) is 2.55. The third-order valence-electron chi connectivity index (χ3n) is 5.71. The number of anilines is 1. The van der Waals surface area contributed by atoms with Crippen molar-refractivity contribution in [3.8, 4) is 17.2 Å². The largest absolute Gasteiger partial charge is 0.497 e. The van der Waals surface area contributed by atoms with Crippen molar-refractivity contribution in [2.75, 3.05) is 58.1 Å². The van der Waals surface area contributed by atoms with Crippen molar-refractivity contribution in [1.29, 1.82) is 0 Å². The summed E-state index contributed by atoms with van der Waals surface area (Å²) < 4.78 is 16.0. The average molecular weight is 412 g/mol. The van der Waals surface area contributed by atoms with E-state index in [2.05, 4.69) is 21.9 Å². The van der Waals surface area contributed by atoms with Crippen LogP contribution in [0.3, 0.4) is 0 Å². The van der Waals surface area contributed by atoms with Gasteiger partial charge in [0.1, 0.15) is 5.75 Å². The maximum absolute atomic E-state index is 12.9. The number of amides is 1. The molecule has 2 aliphatic rings. The summed E-state index contributed by atoms with van der Waals surface area (Å²) in [6.45, 7) is 7.57. The molecule has 1 fully saturated rings. The lowest BCUT2D eigenvalue weighted by atomic mass is 10.2. The minimum absolute atomic E-state index is 0.160. The van der Waals surface area contributed by atoms with Gasteiger partial charge in [-0.25, -0.2) is 0 Å². The van der Waals surface area contributed by atoms with Gasteiger partial charge in [-0.05, 0) is 48.9 Å². The van der Waals surface area contributed by atoms with Gasteiger partial charge in [0.2, 0.25) is 12.7 Å². The number of carbonyl (C=O) groups excluding carboxylic acids is 1. The van der Waals surface area contributed by atoms with Crippen LogP contribution in [0, 0.1) is 0 Å². The fourth-order valence-electron chi connectivity index (χ4n) is 3.88. The predicted molar refractivity (Wildman–Crippen MR) is 115 cm³/mol. The molecule has 0 aromatic heterocycles. The molecule has 2 aliphatic heterocycles. The lowest BCUT2D eigenvalue weighted by molar-refractivity contribution is -0.132. The summed E-state index contributed by atoms with van der Waals surface area (Å²) in [6, 6.07) is 14.0. The number of hydrogen-bond acceptors (Lipinski definition) is 6. The van der Waals surface area contributed by atoms with Crippen LogP contribution in [0.25, 0.3) is 0 Å². The zero-order valence-electron chi connectivity index (χ0n) is 17.7. The average Bonchev–Trinajstić information content (AvgIpc) is 3.26. The molecule has 2 aromatic carbocycles. The fourth-order valence-corrected chi connectivity index (χ4v) is 3.88. The molecule has 160 valence electrons. The number of hydrogen-bond donors (Lipinski definition) is 0. The van der Waals surface area contributed by atoms with E-state index in [-0.39, 0.29) is 12.7 Å². The van der Waals surface area contributed by atoms with Crippen LogP contribution in [0.5, 0.6) is 17.2 Å². The quantitative estimate of drug-likeness (QED) is 0.698. The van der Waals surface area contributed by atoms with Crippen LogP contribution >= 0.6 is 0 Å². The van der Waals surface area contributed by atoms with Gasteiger partial charge in [0.05, 0.1) is 13.7 Å². The van der Waals surface area contributed by atoms with E-state index in [1.54, 1.807) is 7.11 Å². The lowest BCUT2D eigenvalue weighted by Gasteiger charge is -2.36.